The first kappa shape index (κ1) is 12.3. The average molecular weight is 296 g/mol. The Morgan fingerprint density at radius 3 is 2.22 bits per heavy atom. The second-order valence-corrected chi connectivity index (χ2v) is 5.66. The molecule has 4 heteroatoms. The van der Waals surface area contributed by atoms with Gasteiger partial charge in [0.15, 0.2) is 0 Å². The molecule has 2 heterocycles. The molecule has 23 heavy (non-hydrogen) atoms. The van der Waals surface area contributed by atoms with E-state index >= 15 is 0 Å². The molecule has 0 bridgehead atoms. The summed E-state index contributed by atoms with van der Waals surface area (Å²) in [6.45, 7) is 0. The van der Waals surface area contributed by atoms with Crippen molar-refractivity contribution in [3.63, 3.8) is 0 Å². The number of benzene rings is 3. The van der Waals surface area contributed by atoms with Crippen LogP contribution in [0.4, 0.5) is 5.69 Å². The second kappa shape index (κ2) is 4.36. The van der Waals surface area contributed by atoms with Crippen molar-refractivity contribution in [3.05, 3.63) is 61.1 Å². The van der Waals surface area contributed by atoms with E-state index in [2.05, 4.69) is 27.1 Å². The van der Waals surface area contributed by atoms with Crippen LogP contribution in [0.15, 0.2) is 61.1 Å². The standard InChI is InChI=1S/C19H12N4/c20-13-4-1-11(2-5-13)19-14-6-8-16-18-15(22-10-23-16)7-3-12(9-21-19)17(14)18/h1-10H,20H2. The lowest BCUT2D eigenvalue weighted by Gasteiger charge is -2.12. The third-order valence-corrected chi connectivity index (χ3v) is 4.31. The lowest BCUT2D eigenvalue weighted by molar-refractivity contribution is 1.26. The molecule has 0 fully saturated rings. The largest absolute Gasteiger partial charge is 0.399 e. The number of nitrogen functional groups attached to an aromatic ring is 1. The van der Waals surface area contributed by atoms with Crippen LogP contribution in [0.1, 0.15) is 0 Å². The second-order valence-electron chi connectivity index (χ2n) is 5.66. The predicted molar refractivity (Wildman–Crippen MR) is 93.4 cm³/mol. The molecule has 0 atom stereocenters. The number of pyridine rings is 1. The summed E-state index contributed by atoms with van der Waals surface area (Å²) in [4.78, 5) is 13.5. The molecule has 5 rings (SSSR count). The molecular formula is C19H12N4. The fraction of sp³-hybridized carbons (Fsp3) is 0. The van der Waals surface area contributed by atoms with E-state index in [4.69, 9.17) is 5.73 Å². The van der Waals surface area contributed by atoms with Gasteiger partial charge in [-0.15, -0.1) is 0 Å². The van der Waals surface area contributed by atoms with Crippen LogP contribution in [-0.4, -0.2) is 15.0 Å². The van der Waals surface area contributed by atoms with Crippen molar-refractivity contribution >= 4 is 38.3 Å². The number of rotatable bonds is 1. The van der Waals surface area contributed by atoms with E-state index in [-0.39, 0.29) is 0 Å². The maximum Gasteiger partial charge on any atom is 0.116 e. The van der Waals surface area contributed by atoms with Crippen molar-refractivity contribution in [3.8, 4) is 11.3 Å². The van der Waals surface area contributed by atoms with Gasteiger partial charge < -0.3 is 5.73 Å². The minimum atomic E-state index is 0.750. The fourth-order valence-corrected chi connectivity index (χ4v) is 3.23. The zero-order chi connectivity index (χ0) is 15.4. The summed E-state index contributed by atoms with van der Waals surface area (Å²) in [5.74, 6) is 0. The molecule has 0 saturated heterocycles. The molecule has 3 aromatic carbocycles. The number of anilines is 1. The average Bonchev–Trinajstić information content (AvgIpc) is 2.60. The van der Waals surface area contributed by atoms with E-state index in [1.165, 1.54) is 5.39 Å². The Morgan fingerprint density at radius 2 is 1.43 bits per heavy atom. The van der Waals surface area contributed by atoms with Gasteiger partial charge in [0.2, 0.25) is 0 Å². The molecule has 0 aliphatic heterocycles. The van der Waals surface area contributed by atoms with Crippen molar-refractivity contribution in [1.29, 1.82) is 0 Å². The van der Waals surface area contributed by atoms with Gasteiger partial charge in [0, 0.05) is 39.0 Å². The van der Waals surface area contributed by atoms with Crippen molar-refractivity contribution in [2.24, 2.45) is 0 Å². The topological polar surface area (TPSA) is 64.7 Å². The van der Waals surface area contributed by atoms with Gasteiger partial charge in [0.25, 0.3) is 0 Å². The molecule has 0 spiro atoms. The quantitative estimate of drug-likeness (QED) is 0.375. The number of nitrogens with two attached hydrogens (primary N) is 1. The van der Waals surface area contributed by atoms with E-state index < -0.39 is 0 Å². The van der Waals surface area contributed by atoms with Gasteiger partial charge in [-0.1, -0.05) is 18.2 Å². The van der Waals surface area contributed by atoms with E-state index in [0.717, 1.165) is 44.1 Å². The first-order valence-electron chi connectivity index (χ1n) is 7.42. The van der Waals surface area contributed by atoms with Crippen LogP contribution in [0.5, 0.6) is 0 Å². The summed E-state index contributed by atoms with van der Waals surface area (Å²) in [7, 11) is 0. The van der Waals surface area contributed by atoms with E-state index in [1.54, 1.807) is 6.33 Å². The normalized spacial score (nSPS) is 11.7. The Hall–Kier alpha value is -3.27. The molecule has 5 aromatic rings. The third-order valence-electron chi connectivity index (χ3n) is 4.31. The molecule has 0 aliphatic rings. The number of nitrogens with zero attached hydrogens (tertiary/aromatic N) is 3. The van der Waals surface area contributed by atoms with Crippen LogP contribution < -0.4 is 5.73 Å². The van der Waals surface area contributed by atoms with Crippen LogP contribution in [0, 0.1) is 0 Å². The number of hydrogen-bond donors (Lipinski definition) is 1. The molecule has 108 valence electrons. The minimum absolute atomic E-state index is 0.750. The number of aromatic nitrogens is 3. The monoisotopic (exact) mass is 296 g/mol. The Bertz CT molecular complexity index is 1150. The van der Waals surface area contributed by atoms with Crippen LogP contribution in [0.25, 0.3) is 43.8 Å². The van der Waals surface area contributed by atoms with E-state index in [1.807, 2.05) is 42.6 Å². The van der Waals surface area contributed by atoms with Gasteiger partial charge in [-0.05, 0) is 30.3 Å². The van der Waals surface area contributed by atoms with Crippen LogP contribution >= 0.6 is 0 Å². The van der Waals surface area contributed by atoms with Crippen molar-refractivity contribution in [2.75, 3.05) is 5.73 Å². The fourth-order valence-electron chi connectivity index (χ4n) is 3.23. The van der Waals surface area contributed by atoms with Crippen LogP contribution in [-0.2, 0) is 0 Å². The van der Waals surface area contributed by atoms with E-state index in [9.17, 15) is 0 Å². The molecule has 0 amide bonds. The van der Waals surface area contributed by atoms with Gasteiger partial charge >= 0.3 is 0 Å². The summed E-state index contributed by atoms with van der Waals surface area (Å²) in [6.07, 6.45) is 3.53. The lowest BCUT2D eigenvalue weighted by Crippen LogP contribution is -1.93. The summed E-state index contributed by atoms with van der Waals surface area (Å²) < 4.78 is 0. The molecular weight excluding hydrogens is 284 g/mol. The Kier molecular flexibility index (Phi) is 2.33. The molecule has 2 N–H and O–H groups in total. The molecule has 2 aromatic heterocycles. The summed E-state index contributed by atoms with van der Waals surface area (Å²) in [6, 6.07) is 16.0. The molecule has 0 saturated carbocycles. The zero-order valence-electron chi connectivity index (χ0n) is 12.2. The minimum Gasteiger partial charge on any atom is -0.399 e. The highest BCUT2D eigenvalue weighted by Gasteiger charge is 2.13. The first-order chi connectivity index (χ1) is 11.3. The highest BCUT2D eigenvalue weighted by atomic mass is 14.8. The summed E-state index contributed by atoms with van der Waals surface area (Å²) in [5, 5.41) is 4.48. The lowest BCUT2D eigenvalue weighted by atomic mass is 9.96. The van der Waals surface area contributed by atoms with Gasteiger partial charge in [-0.3, -0.25) is 4.98 Å². The summed E-state index contributed by atoms with van der Waals surface area (Å²) >= 11 is 0. The van der Waals surface area contributed by atoms with Crippen molar-refractivity contribution < 1.29 is 0 Å². The zero-order valence-corrected chi connectivity index (χ0v) is 12.2. The Balaban J connectivity index is 1.96. The molecule has 0 unspecified atom stereocenters. The number of hydrogen-bond acceptors (Lipinski definition) is 4. The highest BCUT2D eigenvalue weighted by Crippen LogP contribution is 2.36. The third kappa shape index (κ3) is 1.69. The van der Waals surface area contributed by atoms with Crippen LogP contribution in [0.2, 0.25) is 0 Å². The highest BCUT2D eigenvalue weighted by molar-refractivity contribution is 6.23. The van der Waals surface area contributed by atoms with Gasteiger partial charge in [0.1, 0.15) is 6.33 Å². The van der Waals surface area contributed by atoms with Gasteiger partial charge in [0.05, 0.1) is 16.7 Å². The van der Waals surface area contributed by atoms with Gasteiger partial charge in [-0.25, -0.2) is 9.97 Å². The van der Waals surface area contributed by atoms with E-state index in [0.29, 0.717) is 0 Å². The molecule has 0 radical (unpaired) electrons. The maximum absolute atomic E-state index is 5.80. The Morgan fingerprint density at radius 1 is 0.696 bits per heavy atom. The smallest absolute Gasteiger partial charge is 0.116 e. The molecule has 0 aliphatic carbocycles. The SMILES string of the molecule is Nc1ccc(-c2ncc3ccc4ncnc5ccc2c3c45)cc1. The first-order valence-corrected chi connectivity index (χ1v) is 7.42. The predicted octanol–water partition coefficient (Wildman–Crippen LogP) is 4.02. The van der Waals surface area contributed by atoms with Crippen LogP contribution in [0.3, 0.4) is 0 Å². The van der Waals surface area contributed by atoms with Crippen molar-refractivity contribution in [1.82, 2.24) is 15.0 Å². The van der Waals surface area contributed by atoms with Crippen molar-refractivity contribution in [2.45, 2.75) is 0 Å². The molecule has 4 nitrogen and oxygen atoms in total. The summed E-state index contributed by atoms with van der Waals surface area (Å²) in [5.41, 5.74) is 10.5. The maximum atomic E-state index is 5.80. The van der Waals surface area contributed by atoms with Gasteiger partial charge in [-0.2, -0.15) is 0 Å². The Labute approximate surface area is 132 Å².